The number of phenolic OH excluding ortho intramolecular Hbond substituents is 1. The lowest BCUT2D eigenvalue weighted by molar-refractivity contribution is 0.100. The Balaban J connectivity index is 2.10. The number of aromatic hydroxyl groups is 1. The van der Waals surface area contributed by atoms with Gasteiger partial charge in [0.25, 0.3) is 5.91 Å². The lowest BCUT2D eigenvalue weighted by Crippen LogP contribution is -2.33. The molecular weight excluding hydrogens is 454 g/mol. The zero-order valence-corrected chi connectivity index (χ0v) is 19.8. The van der Waals surface area contributed by atoms with Crippen molar-refractivity contribution in [1.82, 2.24) is 4.98 Å². The highest BCUT2D eigenvalue weighted by atomic mass is 32.2. The molecule has 0 atom stereocenters. The van der Waals surface area contributed by atoms with Gasteiger partial charge in [-0.1, -0.05) is 19.1 Å². The van der Waals surface area contributed by atoms with Crippen molar-refractivity contribution in [2.45, 2.75) is 24.7 Å². The van der Waals surface area contributed by atoms with E-state index < -0.39 is 15.7 Å². The Hall–Kier alpha value is -3.69. The van der Waals surface area contributed by atoms with Crippen LogP contribution < -0.4 is 21.6 Å². The number of amides is 1. The monoisotopic (exact) mass is 481 g/mol. The summed E-state index contributed by atoms with van der Waals surface area (Å²) in [7, 11) is -2.22. The van der Waals surface area contributed by atoms with Crippen molar-refractivity contribution in [2.24, 2.45) is 5.73 Å². The Morgan fingerprint density at radius 1 is 1.26 bits per heavy atom. The van der Waals surface area contributed by atoms with Gasteiger partial charge in [0.15, 0.2) is 0 Å². The SMILES string of the molecule is CC/C=C\C(=C/COC)Nc1c(C(N)=O)cnc2c1=CCC(S(=O)(=O)c1ccc(O)cc1)=CC=2. The number of sulfone groups is 1. The fourth-order valence-corrected chi connectivity index (χ4v) is 4.69. The Morgan fingerprint density at radius 3 is 2.65 bits per heavy atom. The number of methoxy groups -OCH3 is 1. The quantitative estimate of drug-likeness (QED) is 0.468. The van der Waals surface area contributed by atoms with E-state index in [2.05, 4.69) is 10.3 Å². The predicted molar refractivity (Wildman–Crippen MR) is 132 cm³/mol. The zero-order chi connectivity index (χ0) is 24.7. The maximum absolute atomic E-state index is 13.1. The second kappa shape index (κ2) is 11.0. The minimum Gasteiger partial charge on any atom is -0.508 e. The van der Waals surface area contributed by atoms with Gasteiger partial charge < -0.3 is 20.9 Å². The van der Waals surface area contributed by atoms with Crippen molar-refractivity contribution in [3.8, 4) is 5.75 Å². The first kappa shape index (κ1) is 24.9. The van der Waals surface area contributed by atoms with Crippen LogP contribution in [0.5, 0.6) is 5.75 Å². The second-order valence-electron chi connectivity index (χ2n) is 7.47. The lowest BCUT2D eigenvalue weighted by Gasteiger charge is -2.13. The van der Waals surface area contributed by atoms with E-state index in [0.717, 1.165) is 6.42 Å². The third-order valence-electron chi connectivity index (χ3n) is 5.11. The predicted octanol–water partition coefficient (Wildman–Crippen LogP) is 2.12. The van der Waals surface area contributed by atoms with Crippen molar-refractivity contribution in [3.05, 3.63) is 81.5 Å². The highest BCUT2D eigenvalue weighted by molar-refractivity contribution is 7.95. The number of pyridine rings is 1. The molecule has 1 aliphatic rings. The van der Waals surface area contributed by atoms with Gasteiger partial charge in [-0.05, 0) is 55.0 Å². The number of anilines is 1. The highest BCUT2D eigenvalue weighted by Gasteiger charge is 2.21. The van der Waals surface area contributed by atoms with Crippen molar-refractivity contribution in [2.75, 3.05) is 19.0 Å². The number of hydrogen-bond acceptors (Lipinski definition) is 7. The number of carbonyl (C=O) groups excluding carboxylic acids is 1. The van der Waals surface area contributed by atoms with Gasteiger partial charge in [0, 0.05) is 30.6 Å². The van der Waals surface area contributed by atoms with E-state index in [9.17, 15) is 18.3 Å². The highest BCUT2D eigenvalue weighted by Crippen LogP contribution is 2.25. The summed E-state index contributed by atoms with van der Waals surface area (Å²) < 4.78 is 31.4. The van der Waals surface area contributed by atoms with E-state index in [1.54, 1.807) is 19.3 Å². The molecule has 9 heteroatoms. The number of rotatable bonds is 9. The van der Waals surface area contributed by atoms with Gasteiger partial charge in [0.2, 0.25) is 9.84 Å². The topological polar surface area (TPSA) is 132 Å². The summed E-state index contributed by atoms with van der Waals surface area (Å²) >= 11 is 0. The summed E-state index contributed by atoms with van der Waals surface area (Å²) in [6.07, 6.45) is 12.7. The number of hydrogen-bond donors (Lipinski definition) is 3. The Bertz CT molecular complexity index is 1390. The summed E-state index contributed by atoms with van der Waals surface area (Å²) in [6.45, 7) is 2.35. The molecule has 0 unspecified atom stereocenters. The molecule has 178 valence electrons. The molecule has 0 bridgehead atoms. The van der Waals surface area contributed by atoms with E-state index in [-0.39, 0.29) is 27.5 Å². The molecule has 1 amide bonds. The third-order valence-corrected chi connectivity index (χ3v) is 7.00. The van der Waals surface area contributed by atoms with Crippen LogP contribution in [0, 0.1) is 0 Å². The molecule has 1 heterocycles. The van der Waals surface area contributed by atoms with Crippen LogP contribution in [0.2, 0.25) is 0 Å². The molecule has 0 aliphatic heterocycles. The number of phenols is 1. The van der Waals surface area contributed by atoms with Crippen LogP contribution in [0.4, 0.5) is 5.69 Å². The Labute approximate surface area is 198 Å². The lowest BCUT2D eigenvalue weighted by atomic mass is 10.1. The number of nitrogens with two attached hydrogens (primary N) is 1. The van der Waals surface area contributed by atoms with E-state index in [4.69, 9.17) is 10.5 Å². The molecule has 34 heavy (non-hydrogen) atoms. The molecule has 4 N–H and O–H groups in total. The van der Waals surface area contributed by atoms with E-state index in [0.29, 0.717) is 28.6 Å². The normalized spacial score (nSPS) is 13.9. The number of allylic oxidation sites excluding steroid dienone is 4. The molecule has 2 aromatic rings. The van der Waals surface area contributed by atoms with Crippen LogP contribution in [0.25, 0.3) is 12.2 Å². The number of fused-ring (bicyclic) bond motifs is 1. The fourth-order valence-electron chi connectivity index (χ4n) is 3.34. The van der Waals surface area contributed by atoms with E-state index in [1.165, 1.54) is 36.5 Å². The van der Waals surface area contributed by atoms with Crippen LogP contribution in [0.3, 0.4) is 0 Å². The second-order valence-corrected chi connectivity index (χ2v) is 9.47. The minimum absolute atomic E-state index is 0.0207. The first-order chi connectivity index (χ1) is 16.3. The fraction of sp³-hybridized carbons (Fsp3) is 0.200. The van der Waals surface area contributed by atoms with Crippen molar-refractivity contribution >= 4 is 33.6 Å². The van der Waals surface area contributed by atoms with Crippen LogP contribution in [-0.4, -0.2) is 38.1 Å². The van der Waals surface area contributed by atoms with Gasteiger partial charge in [-0.2, -0.15) is 0 Å². The molecule has 1 aromatic heterocycles. The molecule has 0 fully saturated rings. The summed E-state index contributed by atoms with van der Waals surface area (Å²) in [5.74, 6) is -0.682. The summed E-state index contributed by atoms with van der Waals surface area (Å²) in [5, 5.41) is 13.8. The first-order valence-electron chi connectivity index (χ1n) is 10.6. The van der Waals surface area contributed by atoms with Crippen LogP contribution in [0.1, 0.15) is 30.1 Å². The largest absolute Gasteiger partial charge is 0.508 e. The van der Waals surface area contributed by atoms with Crippen molar-refractivity contribution in [1.29, 1.82) is 0 Å². The molecule has 8 nitrogen and oxygen atoms in total. The van der Waals surface area contributed by atoms with Gasteiger partial charge in [0.05, 0.1) is 33.0 Å². The van der Waals surface area contributed by atoms with Crippen molar-refractivity contribution < 1.29 is 23.1 Å². The molecular formula is C25H27N3O5S. The smallest absolute Gasteiger partial charge is 0.252 e. The van der Waals surface area contributed by atoms with Crippen LogP contribution in [0.15, 0.2) is 70.3 Å². The molecule has 0 saturated heterocycles. The van der Waals surface area contributed by atoms with Gasteiger partial charge in [-0.3, -0.25) is 9.78 Å². The molecule has 0 saturated carbocycles. The summed E-state index contributed by atoms with van der Waals surface area (Å²) in [6, 6.07) is 5.36. The average Bonchev–Trinajstić information content (AvgIpc) is 3.04. The minimum atomic E-state index is -3.80. The Morgan fingerprint density at radius 2 is 2.00 bits per heavy atom. The standard InChI is InChI=1S/C25H27N3O5S/c1-3-4-5-17(14-15-33-2)28-24-21-12-10-20(11-13-23(21)27-16-22(24)25(26)30)34(31,32)19-8-6-18(29)7-9-19/h4-9,11-14,16,28-29H,3,10,15H2,1-2H3,(H2,26,30)/b5-4-,17-14+. The van der Waals surface area contributed by atoms with Crippen molar-refractivity contribution in [3.63, 3.8) is 0 Å². The van der Waals surface area contributed by atoms with Gasteiger partial charge in [-0.15, -0.1) is 0 Å². The van der Waals surface area contributed by atoms with Crippen LogP contribution in [-0.2, 0) is 14.6 Å². The van der Waals surface area contributed by atoms with Crippen LogP contribution >= 0.6 is 0 Å². The summed E-state index contributed by atoms with van der Waals surface area (Å²) in [4.78, 5) is 16.7. The zero-order valence-electron chi connectivity index (χ0n) is 19.0. The third kappa shape index (κ3) is 5.62. The van der Waals surface area contributed by atoms with Gasteiger partial charge >= 0.3 is 0 Å². The number of aromatic nitrogens is 1. The van der Waals surface area contributed by atoms with Gasteiger partial charge in [-0.25, -0.2) is 8.42 Å². The number of nitrogens with one attached hydrogen (secondary N) is 1. The maximum Gasteiger partial charge on any atom is 0.252 e. The first-order valence-corrected chi connectivity index (χ1v) is 12.1. The number of nitrogens with zero attached hydrogens (tertiary/aromatic N) is 1. The molecule has 0 radical (unpaired) electrons. The number of carbonyl (C=O) groups is 1. The van der Waals surface area contributed by atoms with Gasteiger partial charge in [0.1, 0.15) is 5.75 Å². The maximum atomic E-state index is 13.1. The number of primary amides is 1. The van der Waals surface area contributed by atoms with E-state index in [1.807, 2.05) is 25.2 Å². The number of ether oxygens (including phenoxy) is 1. The average molecular weight is 482 g/mol. The summed E-state index contributed by atoms with van der Waals surface area (Å²) in [5.41, 5.74) is 6.93. The molecule has 1 aliphatic carbocycles. The Kier molecular flexibility index (Phi) is 8.04. The number of benzene rings is 1. The molecule has 0 spiro atoms. The molecule has 3 rings (SSSR count). The van der Waals surface area contributed by atoms with E-state index >= 15 is 0 Å². The molecule has 1 aromatic carbocycles.